The Balaban J connectivity index is 1.62. The molecule has 0 aliphatic carbocycles. The van der Waals surface area contributed by atoms with E-state index in [0.717, 1.165) is 9.21 Å². The second kappa shape index (κ2) is 8.84. The van der Waals surface area contributed by atoms with Crippen LogP contribution in [0.4, 0.5) is 24.7 Å². The van der Waals surface area contributed by atoms with Crippen LogP contribution in [0.25, 0.3) is 0 Å². The number of aromatic amines is 1. The maximum absolute atomic E-state index is 14.0. The lowest BCUT2D eigenvalue weighted by Gasteiger charge is -2.43. The van der Waals surface area contributed by atoms with Crippen molar-refractivity contribution in [3.63, 3.8) is 0 Å². The van der Waals surface area contributed by atoms with Gasteiger partial charge in [-0.1, -0.05) is 0 Å². The third kappa shape index (κ3) is 4.61. The zero-order chi connectivity index (χ0) is 23.1. The Morgan fingerprint density at radius 3 is 2.47 bits per heavy atom. The number of sulfonamides is 1. The summed E-state index contributed by atoms with van der Waals surface area (Å²) in [6.45, 7) is 2.57. The molecule has 4 rings (SSSR count). The zero-order valence-electron chi connectivity index (χ0n) is 17.7. The molecule has 4 heterocycles. The van der Waals surface area contributed by atoms with Gasteiger partial charge in [0.25, 0.3) is 5.56 Å². The van der Waals surface area contributed by atoms with Crippen molar-refractivity contribution in [3.8, 4) is 0 Å². The minimum Gasteiger partial charge on any atom is -0.380 e. The van der Waals surface area contributed by atoms with Crippen LogP contribution in [0.15, 0.2) is 16.9 Å². The molecule has 3 atom stereocenters. The summed E-state index contributed by atoms with van der Waals surface area (Å²) >= 11 is 0. The highest BCUT2D eigenvalue weighted by Gasteiger charge is 2.50. The van der Waals surface area contributed by atoms with Gasteiger partial charge in [0.15, 0.2) is 0 Å². The van der Waals surface area contributed by atoms with Gasteiger partial charge in [-0.05, 0) is 13.3 Å². The second-order valence-corrected chi connectivity index (χ2v) is 10.6. The highest BCUT2D eigenvalue weighted by molar-refractivity contribution is 7.89. The Hall–Kier alpha value is -1.83. The highest BCUT2D eigenvalue weighted by atomic mass is 32.2. The summed E-state index contributed by atoms with van der Waals surface area (Å²) in [6, 6.07) is 0.764. The van der Waals surface area contributed by atoms with E-state index in [2.05, 4.69) is 4.98 Å². The Kier molecular flexibility index (Phi) is 6.45. The van der Waals surface area contributed by atoms with Crippen LogP contribution >= 0.6 is 0 Å². The minimum absolute atomic E-state index is 0.00761. The number of hydrogen-bond acceptors (Lipinski definition) is 7. The molecule has 0 aromatic carbocycles. The van der Waals surface area contributed by atoms with Gasteiger partial charge in [0.1, 0.15) is 17.1 Å². The van der Waals surface area contributed by atoms with E-state index >= 15 is 0 Å². The minimum atomic E-state index is -4.69. The van der Waals surface area contributed by atoms with E-state index in [4.69, 9.17) is 9.47 Å². The van der Waals surface area contributed by atoms with Gasteiger partial charge in [-0.3, -0.25) is 4.79 Å². The first-order chi connectivity index (χ1) is 15.1. The molecule has 1 aromatic rings. The summed E-state index contributed by atoms with van der Waals surface area (Å²) in [4.78, 5) is 17.8. The first-order valence-electron chi connectivity index (χ1n) is 10.6. The highest BCUT2D eigenvalue weighted by Crippen LogP contribution is 2.34. The van der Waals surface area contributed by atoms with Crippen molar-refractivity contribution in [2.24, 2.45) is 0 Å². The number of piperazine rings is 1. The number of alkyl halides is 3. The van der Waals surface area contributed by atoms with Crippen LogP contribution in [-0.4, -0.2) is 93.8 Å². The molecule has 0 spiro atoms. The van der Waals surface area contributed by atoms with Crippen LogP contribution in [0.1, 0.15) is 13.3 Å². The smallest absolute Gasteiger partial charge is 0.380 e. The number of halogens is 3. The van der Waals surface area contributed by atoms with E-state index in [-0.39, 0.29) is 44.6 Å². The number of anilines is 2. The fourth-order valence-corrected chi connectivity index (χ4v) is 6.23. The Morgan fingerprint density at radius 1 is 1.06 bits per heavy atom. The molecule has 3 saturated heterocycles. The number of pyridine rings is 1. The van der Waals surface area contributed by atoms with Gasteiger partial charge < -0.3 is 24.3 Å². The molecule has 3 fully saturated rings. The summed E-state index contributed by atoms with van der Waals surface area (Å²) in [5.41, 5.74) is -0.00565. The van der Waals surface area contributed by atoms with Gasteiger partial charge in [-0.25, -0.2) is 8.42 Å². The zero-order valence-corrected chi connectivity index (χ0v) is 18.5. The van der Waals surface area contributed by atoms with Crippen molar-refractivity contribution in [3.05, 3.63) is 22.5 Å². The van der Waals surface area contributed by atoms with Crippen molar-refractivity contribution in [1.82, 2.24) is 9.29 Å². The molecule has 0 amide bonds. The van der Waals surface area contributed by atoms with Crippen molar-refractivity contribution < 1.29 is 31.1 Å². The molecule has 180 valence electrons. The van der Waals surface area contributed by atoms with Gasteiger partial charge in [-0.15, -0.1) is 0 Å². The van der Waals surface area contributed by atoms with E-state index in [1.54, 1.807) is 0 Å². The molecular formula is C19H27F3N4O5S. The van der Waals surface area contributed by atoms with Crippen LogP contribution in [0, 0.1) is 0 Å². The van der Waals surface area contributed by atoms with E-state index in [9.17, 15) is 26.4 Å². The average Bonchev–Trinajstić information content (AvgIpc) is 3.28. The summed E-state index contributed by atoms with van der Waals surface area (Å²) in [5, 5.41) is -0.825. The molecule has 9 nitrogen and oxygen atoms in total. The van der Waals surface area contributed by atoms with Crippen LogP contribution in [0.3, 0.4) is 0 Å². The van der Waals surface area contributed by atoms with Crippen LogP contribution in [0.5, 0.6) is 0 Å². The van der Waals surface area contributed by atoms with Crippen LogP contribution in [0.2, 0.25) is 0 Å². The van der Waals surface area contributed by atoms with Crippen molar-refractivity contribution in [1.29, 1.82) is 0 Å². The molecule has 13 heteroatoms. The van der Waals surface area contributed by atoms with Crippen LogP contribution in [-0.2, 0) is 19.5 Å². The monoisotopic (exact) mass is 480 g/mol. The normalized spacial score (nSPS) is 28.3. The molecule has 3 aliphatic rings. The van der Waals surface area contributed by atoms with Crippen molar-refractivity contribution in [2.45, 2.75) is 36.9 Å². The van der Waals surface area contributed by atoms with E-state index in [1.807, 2.05) is 11.8 Å². The summed E-state index contributed by atoms with van der Waals surface area (Å²) in [5.74, 6) is 0.0229. The van der Waals surface area contributed by atoms with Gasteiger partial charge in [-0.2, -0.15) is 17.5 Å². The lowest BCUT2D eigenvalue weighted by molar-refractivity contribution is -0.153. The number of aromatic nitrogens is 1. The third-order valence-corrected chi connectivity index (χ3v) is 8.48. The molecule has 32 heavy (non-hydrogen) atoms. The molecule has 1 N–H and O–H groups in total. The number of H-pyrrole nitrogens is 1. The van der Waals surface area contributed by atoms with E-state index < -0.39 is 39.6 Å². The van der Waals surface area contributed by atoms with Gasteiger partial charge >= 0.3 is 6.18 Å². The SMILES string of the molecule is CC1COCCN1c1cc(N2CCN(S(=O)(=O)C3CCOC3)CC2C(F)(F)F)[nH]c(=O)c1. The maximum Gasteiger partial charge on any atom is 0.410 e. The largest absolute Gasteiger partial charge is 0.410 e. The maximum atomic E-state index is 14.0. The van der Waals surface area contributed by atoms with Crippen molar-refractivity contribution in [2.75, 3.05) is 62.4 Å². The molecule has 0 saturated carbocycles. The molecule has 3 aliphatic heterocycles. The lowest BCUT2D eigenvalue weighted by Crippen LogP contribution is -2.61. The number of ether oxygens (including phenoxy) is 2. The molecular weight excluding hydrogens is 453 g/mol. The predicted molar refractivity (Wildman–Crippen MR) is 112 cm³/mol. The van der Waals surface area contributed by atoms with Gasteiger partial charge in [0.05, 0.1) is 19.8 Å². The first-order valence-corrected chi connectivity index (χ1v) is 12.1. The number of nitrogens with one attached hydrogen (secondary N) is 1. The quantitative estimate of drug-likeness (QED) is 0.680. The van der Waals surface area contributed by atoms with Crippen molar-refractivity contribution >= 4 is 21.5 Å². The van der Waals surface area contributed by atoms with E-state index in [0.29, 0.717) is 25.4 Å². The summed E-state index contributed by atoms with van der Waals surface area (Å²) < 4.78 is 79.2. The molecule has 0 bridgehead atoms. The molecule has 0 radical (unpaired) electrons. The number of nitrogens with zero attached hydrogens (tertiary/aromatic N) is 3. The third-order valence-electron chi connectivity index (χ3n) is 6.21. The van der Waals surface area contributed by atoms with E-state index in [1.165, 1.54) is 12.1 Å². The average molecular weight is 481 g/mol. The lowest BCUT2D eigenvalue weighted by atomic mass is 10.1. The Labute approximate surface area is 184 Å². The molecule has 1 aromatic heterocycles. The Bertz CT molecular complexity index is 980. The summed E-state index contributed by atoms with van der Waals surface area (Å²) in [7, 11) is -3.91. The summed E-state index contributed by atoms with van der Waals surface area (Å²) in [6.07, 6.45) is -4.42. The fourth-order valence-electron chi connectivity index (χ4n) is 4.46. The predicted octanol–water partition coefficient (Wildman–Crippen LogP) is 0.772. The molecule has 3 unspecified atom stereocenters. The fraction of sp³-hybridized carbons (Fsp3) is 0.737. The number of rotatable bonds is 4. The number of hydrogen-bond donors (Lipinski definition) is 1. The first kappa shape index (κ1) is 23.3. The second-order valence-electron chi connectivity index (χ2n) is 8.34. The van der Waals surface area contributed by atoms with Crippen LogP contribution < -0.4 is 15.4 Å². The topological polar surface area (TPSA) is 95.2 Å². The standard InChI is InChI=1S/C19H27F3N4O5S/c1-13-11-31-7-5-25(13)14-8-17(23-18(27)9-14)26-4-3-24(10-16(26)19(20,21)22)32(28,29)15-2-6-30-12-15/h8-9,13,15-16H,2-7,10-12H2,1H3,(H,23,27). The number of morpholine rings is 1. The van der Waals surface area contributed by atoms with Gasteiger partial charge in [0.2, 0.25) is 10.0 Å². The van der Waals surface area contributed by atoms with Gasteiger partial charge in [0, 0.05) is 56.6 Å². The Morgan fingerprint density at radius 2 is 1.81 bits per heavy atom.